The molecule has 0 spiro atoms. The smallest absolute Gasteiger partial charge is 0.362 e. The minimum Gasteiger partial charge on any atom is -0.477 e. The summed E-state index contributed by atoms with van der Waals surface area (Å²) in [4.78, 5) is 36.4. The Hall–Kier alpha value is -2.19. The van der Waals surface area contributed by atoms with Crippen molar-refractivity contribution in [3.63, 3.8) is 0 Å². The van der Waals surface area contributed by atoms with Gasteiger partial charge in [0.25, 0.3) is 0 Å². The number of hydrogen-bond donors (Lipinski definition) is 1. The molecule has 0 rings (SSSR count). The average Bonchev–Trinajstić information content (AvgIpc) is 2.92. The molecule has 0 aromatic carbocycles. The monoisotopic (exact) mass is 596 g/mol. The van der Waals surface area contributed by atoms with Gasteiger partial charge in [-0.25, -0.2) is 4.79 Å². The van der Waals surface area contributed by atoms with Crippen LogP contribution in [0, 0.1) is 0 Å². The first-order valence-electron chi connectivity index (χ1n) is 16.4. The summed E-state index contributed by atoms with van der Waals surface area (Å²) in [6, 6.07) is -0.617. The van der Waals surface area contributed by atoms with Gasteiger partial charge in [-0.1, -0.05) is 102 Å². The van der Waals surface area contributed by atoms with Crippen LogP contribution in [-0.4, -0.2) is 80.6 Å². The maximum absolute atomic E-state index is 12.4. The number of rotatable bonds is 28. The Balaban J connectivity index is 4.50. The summed E-state index contributed by atoms with van der Waals surface area (Å²) in [6.07, 6.45) is 24.0. The quantitative estimate of drug-likeness (QED) is 0.0435. The van der Waals surface area contributed by atoms with E-state index in [1.54, 1.807) is 0 Å². The number of carbonyl (C=O) groups is 3. The minimum atomic E-state index is -0.886. The largest absolute Gasteiger partial charge is 0.477 e. The van der Waals surface area contributed by atoms with Crippen molar-refractivity contribution in [2.24, 2.45) is 0 Å². The van der Waals surface area contributed by atoms with Gasteiger partial charge in [0.15, 0.2) is 12.1 Å². The Kier molecular flexibility index (Phi) is 25.1. The zero-order valence-corrected chi connectivity index (χ0v) is 27.5. The van der Waals surface area contributed by atoms with E-state index < -0.39 is 18.1 Å². The van der Waals surface area contributed by atoms with Crippen LogP contribution in [-0.2, 0) is 28.6 Å². The SMILES string of the molecule is CC/C=C/C/C=C/CCC(=O)OC(COCCC(C(=O)O)[N+](C)(C)C)COC(=O)CCCCCCCCCCCCC. The molecule has 0 amide bonds. The van der Waals surface area contributed by atoms with Gasteiger partial charge >= 0.3 is 17.9 Å². The molecule has 0 saturated heterocycles. The Morgan fingerprint density at radius 1 is 0.738 bits per heavy atom. The first-order valence-corrected chi connectivity index (χ1v) is 16.4. The lowest BCUT2D eigenvalue weighted by atomic mass is 10.1. The van der Waals surface area contributed by atoms with E-state index in [4.69, 9.17) is 14.2 Å². The number of aliphatic carboxylic acids is 1. The molecular weight excluding hydrogens is 534 g/mol. The fourth-order valence-electron chi connectivity index (χ4n) is 4.56. The maximum atomic E-state index is 12.4. The third-order valence-corrected chi connectivity index (χ3v) is 7.13. The molecule has 0 aromatic heterocycles. The van der Waals surface area contributed by atoms with E-state index in [0.29, 0.717) is 19.3 Å². The molecule has 0 saturated carbocycles. The van der Waals surface area contributed by atoms with Gasteiger partial charge in [-0.3, -0.25) is 9.59 Å². The second-order valence-electron chi connectivity index (χ2n) is 12.0. The topological polar surface area (TPSA) is 99.1 Å². The van der Waals surface area contributed by atoms with Crippen molar-refractivity contribution in [2.45, 2.75) is 135 Å². The number of hydrogen-bond acceptors (Lipinski definition) is 6. The summed E-state index contributed by atoms with van der Waals surface area (Å²) in [7, 11) is 5.48. The maximum Gasteiger partial charge on any atom is 0.362 e. The number of ether oxygens (including phenoxy) is 3. The molecule has 0 aliphatic heterocycles. The molecule has 0 aliphatic rings. The van der Waals surface area contributed by atoms with Crippen LogP contribution in [0.5, 0.6) is 0 Å². The molecule has 0 aromatic rings. The van der Waals surface area contributed by atoms with Crippen molar-refractivity contribution in [3.8, 4) is 0 Å². The van der Waals surface area contributed by atoms with Gasteiger partial charge < -0.3 is 23.8 Å². The van der Waals surface area contributed by atoms with E-state index >= 15 is 0 Å². The normalized spacial score (nSPS) is 13.5. The summed E-state index contributed by atoms with van der Waals surface area (Å²) in [5.41, 5.74) is 0. The van der Waals surface area contributed by atoms with Crippen molar-refractivity contribution in [3.05, 3.63) is 24.3 Å². The standard InChI is InChI=1S/C34H61NO7/c1-6-8-10-12-14-15-16-17-19-20-22-24-32(36)41-29-30(28-40-27-26-31(34(38)39)35(3,4)5)42-33(37)25-23-21-18-13-11-9-7-2/h9,11,18,21,30-31H,6-8,10,12-17,19-20,22-29H2,1-5H3/p+1/b11-9+,21-18+. The predicted octanol–water partition coefficient (Wildman–Crippen LogP) is 7.40. The molecule has 0 radical (unpaired) electrons. The van der Waals surface area contributed by atoms with Crippen LogP contribution in [0.15, 0.2) is 24.3 Å². The highest BCUT2D eigenvalue weighted by Gasteiger charge is 2.31. The van der Waals surface area contributed by atoms with Gasteiger partial charge in [0.1, 0.15) is 6.61 Å². The third-order valence-electron chi connectivity index (χ3n) is 7.13. The number of allylic oxidation sites excluding steroid dienone is 4. The molecule has 42 heavy (non-hydrogen) atoms. The zero-order chi connectivity index (χ0) is 31.5. The number of carboxylic acid groups (broad SMARTS) is 1. The molecule has 1 N–H and O–H groups in total. The van der Waals surface area contributed by atoms with Crippen LogP contribution >= 0.6 is 0 Å². The summed E-state index contributed by atoms with van der Waals surface area (Å²) >= 11 is 0. The number of unbranched alkanes of at least 4 members (excludes halogenated alkanes) is 10. The molecule has 8 heteroatoms. The van der Waals surface area contributed by atoms with Gasteiger partial charge in [-0.05, 0) is 25.7 Å². The van der Waals surface area contributed by atoms with Crippen LogP contribution in [0.3, 0.4) is 0 Å². The molecular formula is C34H62NO7+. The molecule has 0 fully saturated rings. The van der Waals surface area contributed by atoms with Crippen molar-refractivity contribution in [1.29, 1.82) is 0 Å². The van der Waals surface area contributed by atoms with Crippen LogP contribution < -0.4 is 0 Å². The van der Waals surface area contributed by atoms with Crippen LogP contribution in [0.1, 0.15) is 123 Å². The van der Waals surface area contributed by atoms with E-state index in [2.05, 4.69) is 26.0 Å². The molecule has 0 heterocycles. The third kappa shape index (κ3) is 24.4. The summed E-state index contributed by atoms with van der Waals surface area (Å²) in [6.45, 7) is 4.49. The van der Waals surface area contributed by atoms with Gasteiger partial charge in [-0.2, -0.15) is 0 Å². The summed E-state index contributed by atoms with van der Waals surface area (Å²) in [5.74, 6) is -1.57. The van der Waals surface area contributed by atoms with Gasteiger partial charge in [0, 0.05) is 19.3 Å². The second kappa shape index (κ2) is 26.4. The lowest BCUT2D eigenvalue weighted by Crippen LogP contribution is -2.50. The molecule has 0 aliphatic carbocycles. The predicted molar refractivity (Wildman–Crippen MR) is 169 cm³/mol. The fourth-order valence-corrected chi connectivity index (χ4v) is 4.56. The molecule has 2 atom stereocenters. The van der Waals surface area contributed by atoms with E-state index in [1.165, 1.54) is 51.4 Å². The molecule has 2 unspecified atom stereocenters. The lowest BCUT2D eigenvalue weighted by molar-refractivity contribution is -0.887. The highest BCUT2D eigenvalue weighted by molar-refractivity contribution is 5.72. The number of carboxylic acids is 1. The van der Waals surface area contributed by atoms with Crippen LogP contribution in [0.4, 0.5) is 0 Å². The number of carbonyl (C=O) groups excluding carboxylic acids is 2. The zero-order valence-electron chi connectivity index (χ0n) is 27.5. The highest BCUT2D eigenvalue weighted by atomic mass is 16.6. The molecule has 0 bridgehead atoms. The molecule has 8 nitrogen and oxygen atoms in total. The van der Waals surface area contributed by atoms with Crippen molar-refractivity contribution >= 4 is 17.9 Å². The van der Waals surface area contributed by atoms with Crippen molar-refractivity contribution in [1.82, 2.24) is 0 Å². The number of likely N-dealkylation sites (N-methyl/N-ethyl adjacent to an activating group) is 1. The Morgan fingerprint density at radius 3 is 1.90 bits per heavy atom. The average molecular weight is 597 g/mol. The van der Waals surface area contributed by atoms with Crippen LogP contribution in [0.25, 0.3) is 0 Å². The Morgan fingerprint density at radius 2 is 1.33 bits per heavy atom. The number of esters is 2. The van der Waals surface area contributed by atoms with Gasteiger partial charge in [0.2, 0.25) is 0 Å². The highest BCUT2D eigenvalue weighted by Crippen LogP contribution is 2.13. The summed E-state index contributed by atoms with van der Waals surface area (Å²) < 4.78 is 17.0. The van der Waals surface area contributed by atoms with E-state index in [9.17, 15) is 19.5 Å². The Labute approximate surface area is 256 Å². The minimum absolute atomic E-state index is 0.0403. The lowest BCUT2D eigenvalue weighted by Gasteiger charge is -2.31. The van der Waals surface area contributed by atoms with E-state index in [-0.39, 0.29) is 42.7 Å². The first-order chi connectivity index (χ1) is 20.1. The van der Waals surface area contributed by atoms with Crippen LogP contribution in [0.2, 0.25) is 0 Å². The van der Waals surface area contributed by atoms with Crippen molar-refractivity contribution < 1.29 is 38.2 Å². The Bertz CT molecular complexity index is 757. The fraction of sp³-hybridized carbons (Fsp3) is 0.794. The second-order valence-corrected chi connectivity index (χ2v) is 12.0. The van der Waals surface area contributed by atoms with E-state index in [0.717, 1.165) is 32.1 Å². The van der Waals surface area contributed by atoms with Gasteiger partial charge in [-0.15, -0.1) is 0 Å². The molecule has 244 valence electrons. The number of quaternary nitrogens is 1. The van der Waals surface area contributed by atoms with E-state index in [1.807, 2.05) is 33.3 Å². The van der Waals surface area contributed by atoms with Crippen molar-refractivity contribution in [2.75, 3.05) is 41.0 Å². The number of nitrogens with zero attached hydrogens (tertiary/aromatic N) is 1. The first kappa shape index (κ1) is 39.8. The summed E-state index contributed by atoms with van der Waals surface area (Å²) in [5, 5.41) is 9.52. The van der Waals surface area contributed by atoms with Gasteiger partial charge in [0.05, 0.1) is 34.4 Å².